The maximum absolute atomic E-state index is 12.9. The molecule has 0 bridgehead atoms. The highest BCUT2D eigenvalue weighted by Gasteiger charge is 2.19. The predicted molar refractivity (Wildman–Crippen MR) is 339 cm³/mol. The van der Waals surface area contributed by atoms with Crippen molar-refractivity contribution in [3.05, 3.63) is 134 Å². The zero-order valence-corrected chi connectivity index (χ0v) is 50.6. The lowest BCUT2D eigenvalue weighted by Crippen LogP contribution is -2.30. The van der Waals surface area contributed by atoms with Gasteiger partial charge in [0.25, 0.3) is 0 Å². The lowest BCUT2D eigenvalue weighted by Gasteiger charge is -2.18. The number of hydrogen-bond donors (Lipinski definition) is 0. The molecular weight excluding hydrogens is 961 g/mol. The largest absolute Gasteiger partial charge is 0.462 e. The Morgan fingerprint density at radius 3 is 0.795 bits per heavy atom. The average Bonchev–Trinajstić information content (AvgIpc) is 3.44. The summed E-state index contributed by atoms with van der Waals surface area (Å²) in [4.78, 5) is 38.4. The van der Waals surface area contributed by atoms with Crippen LogP contribution >= 0.6 is 0 Å². The molecule has 0 fully saturated rings. The van der Waals surface area contributed by atoms with E-state index in [0.29, 0.717) is 19.3 Å². The van der Waals surface area contributed by atoms with Crippen LogP contribution in [0.4, 0.5) is 0 Å². The van der Waals surface area contributed by atoms with E-state index in [9.17, 15) is 14.4 Å². The third-order valence-corrected chi connectivity index (χ3v) is 13.4. The highest BCUT2D eigenvalue weighted by molar-refractivity contribution is 5.71. The first-order valence-electron chi connectivity index (χ1n) is 32.2. The van der Waals surface area contributed by atoms with Crippen LogP contribution in [0.2, 0.25) is 0 Å². The van der Waals surface area contributed by atoms with Gasteiger partial charge in [0.15, 0.2) is 6.10 Å². The third kappa shape index (κ3) is 62.4. The average molecular weight is 1080 g/mol. The molecule has 0 aliphatic heterocycles. The second-order valence-corrected chi connectivity index (χ2v) is 20.9. The number of rotatable bonds is 57. The molecule has 0 rings (SSSR count). The Bertz CT molecular complexity index is 1670. The van der Waals surface area contributed by atoms with Gasteiger partial charge < -0.3 is 14.2 Å². The van der Waals surface area contributed by atoms with Gasteiger partial charge >= 0.3 is 17.9 Å². The Labute approximate surface area is 481 Å². The molecule has 78 heavy (non-hydrogen) atoms. The van der Waals surface area contributed by atoms with E-state index in [0.717, 1.165) is 148 Å². The van der Waals surface area contributed by atoms with Crippen molar-refractivity contribution in [3.8, 4) is 0 Å². The van der Waals surface area contributed by atoms with Gasteiger partial charge in [0, 0.05) is 19.3 Å². The summed E-state index contributed by atoms with van der Waals surface area (Å²) in [7, 11) is 0. The fraction of sp³-hybridized carbons (Fsp3) is 0.653. The second kappa shape index (κ2) is 65.1. The van der Waals surface area contributed by atoms with Crippen LogP contribution in [-0.4, -0.2) is 37.2 Å². The smallest absolute Gasteiger partial charge is 0.306 e. The minimum atomic E-state index is -0.805. The van der Waals surface area contributed by atoms with E-state index >= 15 is 0 Å². The summed E-state index contributed by atoms with van der Waals surface area (Å²) in [6, 6.07) is 0. The van der Waals surface area contributed by atoms with Gasteiger partial charge in [-0.3, -0.25) is 14.4 Å². The molecule has 0 N–H and O–H groups in total. The normalized spacial score (nSPS) is 13.0. The maximum Gasteiger partial charge on any atom is 0.306 e. The van der Waals surface area contributed by atoms with Gasteiger partial charge in [-0.25, -0.2) is 0 Å². The van der Waals surface area contributed by atoms with E-state index in [4.69, 9.17) is 14.2 Å². The number of allylic oxidation sites excluding steroid dienone is 22. The van der Waals surface area contributed by atoms with E-state index in [1.54, 1.807) is 0 Å². The number of ether oxygens (including phenoxy) is 3. The molecule has 0 spiro atoms. The highest BCUT2D eigenvalue weighted by Crippen LogP contribution is 2.16. The van der Waals surface area contributed by atoms with Crippen LogP contribution in [0.5, 0.6) is 0 Å². The maximum atomic E-state index is 12.9. The van der Waals surface area contributed by atoms with Crippen LogP contribution < -0.4 is 0 Å². The first kappa shape index (κ1) is 73.5. The lowest BCUT2D eigenvalue weighted by atomic mass is 10.0. The van der Waals surface area contributed by atoms with E-state index in [1.165, 1.54) is 96.3 Å². The summed E-state index contributed by atoms with van der Waals surface area (Å²) >= 11 is 0. The van der Waals surface area contributed by atoms with Gasteiger partial charge in [-0.1, -0.05) is 283 Å². The first-order valence-corrected chi connectivity index (χ1v) is 32.2. The summed E-state index contributed by atoms with van der Waals surface area (Å²) in [5, 5.41) is 0. The highest BCUT2D eigenvalue weighted by atomic mass is 16.6. The molecule has 0 radical (unpaired) electrons. The van der Waals surface area contributed by atoms with Gasteiger partial charge in [0.1, 0.15) is 13.2 Å². The summed E-state index contributed by atoms with van der Waals surface area (Å²) in [5.41, 5.74) is 0. The van der Waals surface area contributed by atoms with Gasteiger partial charge in [-0.15, -0.1) is 0 Å². The Balaban J connectivity index is 4.48. The Morgan fingerprint density at radius 2 is 0.500 bits per heavy atom. The van der Waals surface area contributed by atoms with Crippen molar-refractivity contribution in [2.24, 2.45) is 0 Å². The van der Waals surface area contributed by atoms with Crippen molar-refractivity contribution in [2.75, 3.05) is 13.2 Å². The Hall–Kier alpha value is -4.45. The summed E-state index contributed by atoms with van der Waals surface area (Å²) in [6.45, 7) is 6.39. The van der Waals surface area contributed by atoms with Crippen molar-refractivity contribution in [2.45, 2.75) is 290 Å². The fourth-order valence-electron chi connectivity index (χ4n) is 8.65. The molecule has 1 atom stereocenters. The van der Waals surface area contributed by atoms with E-state index < -0.39 is 6.10 Å². The van der Waals surface area contributed by atoms with Crippen LogP contribution in [0.25, 0.3) is 0 Å². The molecule has 0 heterocycles. The molecule has 6 nitrogen and oxygen atoms in total. The van der Waals surface area contributed by atoms with E-state index in [1.807, 2.05) is 0 Å². The zero-order valence-electron chi connectivity index (χ0n) is 50.6. The van der Waals surface area contributed by atoms with Gasteiger partial charge in [-0.2, -0.15) is 0 Å². The van der Waals surface area contributed by atoms with Crippen molar-refractivity contribution < 1.29 is 28.6 Å². The predicted octanol–water partition coefficient (Wildman–Crippen LogP) is 22.2. The molecule has 0 saturated carbocycles. The van der Waals surface area contributed by atoms with Crippen molar-refractivity contribution >= 4 is 17.9 Å². The minimum absolute atomic E-state index is 0.0963. The van der Waals surface area contributed by atoms with Crippen molar-refractivity contribution in [1.29, 1.82) is 0 Å². The molecule has 0 saturated heterocycles. The number of carbonyl (C=O) groups excluding carboxylic acids is 3. The molecule has 0 aromatic carbocycles. The monoisotopic (exact) mass is 1080 g/mol. The molecule has 0 aromatic heterocycles. The lowest BCUT2D eigenvalue weighted by molar-refractivity contribution is -0.167. The molecule has 0 aliphatic carbocycles. The zero-order chi connectivity index (χ0) is 56.4. The quantitative estimate of drug-likeness (QED) is 0.0261. The molecule has 0 aromatic rings. The molecule has 442 valence electrons. The first-order chi connectivity index (χ1) is 38.5. The van der Waals surface area contributed by atoms with Gasteiger partial charge in [-0.05, 0) is 116 Å². The third-order valence-electron chi connectivity index (χ3n) is 13.4. The van der Waals surface area contributed by atoms with Gasteiger partial charge in [0.2, 0.25) is 0 Å². The Morgan fingerprint density at radius 1 is 0.269 bits per heavy atom. The molecular formula is C72H118O6. The second-order valence-electron chi connectivity index (χ2n) is 20.9. The summed E-state index contributed by atoms with van der Waals surface area (Å²) < 4.78 is 16.9. The van der Waals surface area contributed by atoms with Crippen molar-refractivity contribution in [1.82, 2.24) is 0 Å². The number of unbranched alkanes of at least 4 members (excludes halogenated alkanes) is 24. The summed E-state index contributed by atoms with van der Waals surface area (Å²) in [6.07, 6.45) is 91.6. The van der Waals surface area contributed by atoms with Crippen LogP contribution in [0.1, 0.15) is 284 Å². The standard InChI is InChI=1S/C72H118O6/c1-4-7-10-13-16-19-22-25-28-31-33-34-35-36-37-38-40-41-44-47-50-53-56-59-62-65-71(74)77-68-69(67-76-70(73)64-61-58-55-52-49-46-43-30-27-24-21-18-15-12-9-6-3)78-72(75)66-63-60-57-54-51-48-45-42-39-32-29-26-23-20-17-14-11-8-5-2/h7-8,10-11,16-17,19-20,25-26,28-29,33-34,36-37,39-42,47,50,69H,4-6,9,12-15,18,21-24,27,30-32,35,38,43-46,48-49,51-68H2,1-3H3/b10-7-,11-8-,19-16-,20-17-,28-25-,29-26-,34-33-,37-36-,41-40-,42-39-,50-47-. The molecule has 1 unspecified atom stereocenters. The van der Waals surface area contributed by atoms with Crippen LogP contribution in [-0.2, 0) is 28.6 Å². The topological polar surface area (TPSA) is 78.9 Å². The summed E-state index contributed by atoms with van der Waals surface area (Å²) in [5.74, 6) is -0.940. The van der Waals surface area contributed by atoms with Crippen molar-refractivity contribution in [3.63, 3.8) is 0 Å². The number of carbonyl (C=O) groups is 3. The fourth-order valence-corrected chi connectivity index (χ4v) is 8.65. The molecule has 0 aliphatic rings. The van der Waals surface area contributed by atoms with Crippen LogP contribution in [0.3, 0.4) is 0 Å². The van der Waals surface area contributed by atoms with E-state index in [-0.39, 0.29) is 31.1 Å². The molecule has 6 heteroatoms. The number of esters is 3. The SMILES string of the molecule is CC/C=C\C/C=C\C/C=C\C/C=C\C/C=C\C/C=C\C/C=C\CCCCCC(=O)OCC(COC(=O)CCCCCCCCCCCCCCCCCC)OC(=O)CCCCCCCC/C=C\C/C=C\C/C=C\C/C=C\CC. The minimum Gasteiger partial charge on any atom is -0.462 e. The Kier molecular flexibility index (Phi) is 61.4. The van der Waals surface area contributed by atoms with E-state index in [2.05, 4.69) is 154 Å². The van der Waals surface area contributed by atoms with Gasteiger partial charge in [0.05, 0.1) is 0 Å². The van der Waals surface area contributed by atoms with Crippen LogP contribution in [0.15, 0.2) is 134 Å². The number of hydrogen-bond acceptors (Lipinski definition) is 6. The van der Waals surface area contributed by atoms with Crippen LogP contribution in [0, 0.1) is 0 Å². The molecule has 0 amide bonds.